The van der Waals surface area contributed by atoms with Crippen LogP contribution in [-0.4, -0.2) is 10.9 Å². The van der Waals surface area contributed by atoms with Crippen molar-refractivity contribution in [3.05, 3.63) is 89.1 Å². The molecule has 2 heterocycles. The molecule has 0 aliphatic carbocycles. The van der Waals surface area contributed by atoms with Gasteiger partial charge in [0, 0.05) is 23.0 Å². The van der Waals surface area contributed by atoms with Crippen LogP contribution in [0.25, 0.3) is 0 Å². The molecule has 0 fully saturated rings. The van der Waals surface area contributed by atoms with Crippen molar-refractivity contribution in [3.63, 3.8) is 0 Å². The van der Waals surface area contributed by atoms with Gasteiger partial charge in [-0.05, 0) is 48.9 Å². The molecule has 142 valence electrons. The highest BCUT2D eigenvalue weighted by atomic mass is 19.4. The summed E-state index contributed by atoms with van der Waals surface area (Å²) in [7, 11) is 0. The molecule has 0 saturated carbocycles. The van der Waals surface area contributed by atoms with Crippen LogP contribution >= 0.6 is 0 Å². The lowest BCUT2D eigenvalue weighted by atomic mass is 10.1. The molecular formula is C21H16F3N3O. The molecule has 7 heteroatoms. The summed E-state index contributed by atoms with van der Waals surface area (Å²) < 4.78 is 39.2. The number of hydrogen-bond donors (Lipinski definition) is 1. The summed E-state index contributed by atoms with van der Waals surface area (Å²) in [4.78, 5) is 18.8. The van der Waals surface area contributed by atoms with E-state index < -0.39 is 17.9 Å². The smallest absolute Gasteiger partial charge is 0.361 e. The molecule has 1 N–H and O–H groups in total. The largest absolute Gasteiger partial charge is 0.416 e. The Morgan fingerprint density at radius 1 is 1.04 bits per heavy atom. The summed E-state index contributed by atoms with van der Waals surface area (Å²) in [6.45, 7) is 1.88. The van der Waals surface area contributed by atoms with E-state index in [1.165, 1.54) is 11.0 Å². The van der Waals surface area contributed by atoms with Crippen LogP contribution in [0.5, 0.6) is 0 Å². The Hall–Kier alpha value is -3.35. The number of anilines is 2. The van der Waals surface area contributed by atoms with Gasteiger partial charge in [-0.1, -0.05) is 24.3 Å². The molecule has 0 unspecified atom stereocenters. The van der Waals surface area contributed by atoms with E-state index in [0.717, 1.165) is 17.7 Å². The fourth-order valence-electron chi connectivity index (χ4n) is 3.29. The van der Waals surface area contributed by atoms with Crippen LogP contribution in [0.4, 0.5) is 24.7 Å². The van der Waals surface area contributed by atoms with Gasteiger partial charge < -0.3 is 5.32 Å². The number of amides is 1. The summed E-state index contributed by atoms with van der Waals surface area (Å²) in [6.07, 6.45) is -3.51. The van der Waals surface area contributed by atoms with Gasteiger partial charge in [0.05, 0.1) is 5.56 Å². The Morgan fingerprint density at radius 3 is 2.57 bits per heavy atom. The number of halogens is 3. The Kier molecular flexibility index (Phi) is 4.30. The van der Waals surface area contributed by atoms with E-state index in [-0.39, 0.29) is 11.6 Å². The van der Waals surface area contributed by atoms with E-state index in [4.69, 9.17) is 0 Å². The third-order valence-corrected chi connectivity index (χ3v) is 4.60. The van der Waals surface area contributed by atoms with Gasteiger partial charge in [-0.15, -0.1) is 0 Å². The number of alkyl halides is 3. The molecule has 4 rings (SSSR count). The Labute approximate surface area is 159 Å². The van der Waals surface area contributed by atoms with Gasteiger partial charge in [0.1, 0.15) is 12.0 Å². The number of aryl methyl sites for hydroxylation is 1. The van der Waals surface area contributed by atoms with Crippen LogP contribution in [0, 0.1) is 6.92 Å². The predicted octanol–water partition coefficient (Wildman–Crippen LogP) is 5.18. The quantitative estimate of drug-likeness (QED) is 0.678. The molecule has 1 aromatic heterocycles. The minimum Gasteiger partial charge on any atom is -0.361 e. The first-order chi connectivity index (χ1) is 13.3. The standard InChI is InChI=1S/C21H16F3N3O/c1-13-9-10-25-18(11-13)27-19(16-7-2-3-8-17(16)20(27)28)26-15-6-4-5-14(12-15)21(22,23)24/h2-12,19,26H,1H3/t19-/m1/s1. The maximum atomic E-state index is 13.1. The fraction of sp³-hybridized carbons (Fsp3) is 0.143. The van der Waals surface area contributed by atoms with E-state index in [1.54, 1.807) is 42.6 Å². The van der Waals surface area contributed by atoms with Crippen molar-refractivity contribution in [2.24, 2.45) is 0 Å². The van der Waals surface area contributed by atoms with E-state index in [2.05, 4.69) is 10.3 Å². The second-order valence-corrected chi connectivity index (χ2v) is 6.58. The van der Waals surface area contributed by atoms with Crippen LogP contribution in [0.15, 0.2) is 66.9 Å². The monoisotopic (exact) mass is 383 g/mol. The van der Waals surface area contributed by atoms with Gasteiger partial charge in [0.25, 0.3) is 5.91 Å². The fourth-order valence-corrected chi connectivity index (χ4v) is 3.29. The molecule has 2 aromatic carbocycles. The van der Waals surface area contributed by atoms with Gasteiger partial charge in [-0.2, -0.15) is 13.2 Å². The average molecular weight is 383 g/mol. The molecule has 3 aromatic rings. The number of hydrogen-bond acceptors (Lipinski definition) is 3. The predicted molar refractivity (Wildman–Crippen MR) is 100 cm³/mol. The zero-order valence-electron chi connectivity index (χ0n) is 14.9. The van der Waals surface area contributed by atoms with E-state index in [0.29, 0.717) is 16.9 Å². The third kappa shape index (κ3) is 3.19. The van der Waals surface area contributed by atoms with Crippen LogP contribution < -0.4 is 10.2 Å². The third-order valence-electron chi connectivity index (χ3n) is 4.60. The molecular weight excluding hydrogens is 367 g/mol. The van der Waals surface area contributed by atoms with Gasteiger partial charge in [-0.3, -0.25) is 9.69 Å². The van der Waals surface area contributed by atoms with Crippen molar-refractivity contribution in [1.82, 2.24) is 4.98 Å². The number of rotatable bonds is 3. The number of nitrogens with one attached hydrogen (secondary N) is 1. The molecule has 4 nitrogen and oxygen atoms in total. The lowest BCUT2D eigenvalue weighted by Gasteiger charge is -2.26. The molecule has 28 heavy (non-hydrogen) atoms. The number of carbonyl (C=O) groups excluding carboxylic acids is 1. The van der Waals surface area contributed by atoms with Crippen molar-refractivity contribution in [2.75, 3.05) is 10.2 Å². The molecule has 0 bridgehead atoms. The molecule has 0 radical (unpaired) electrons. The summed E-state index contributed by atoms with van der Waals surface area (Å²) in [5, 5.41) is 3.07. The number of pyridine rings is 1. The summed E-state index contributed by atoms with van der Waals surface area (Å²) in [5.41, 5.74) is 1.62. The van der Waals surface area contributed by atoms with Gasteiger partial charge in [-0.25, -0.2) is 4.98 Å². The molecule has 1 aliphatic rings. The zero-order valence-corrected chi connectivity index (χ0v) is 14.9. The van der Waals surface area contributed by atoms with Crippen molar-refractivity contribution in [2.45, 2.75) is 19.3 Å². The first-order valence-corrected chi connectivity index (χ1v) is 8.63. The highest BCUT2D eigenvalue weighted by Crippen LogP contribution is 2.38. The van der Waals surface area contributed by atoms with Gasteiger partial charge in [0.15, 0.2) is 0 Å². The summed E-state index contributed by atoms with van der Waals surface area (Å²) in [5.74, 6) is 0.184. The maximum Gasteiger partial charge on any atom is 0.416 e. The van der Waals surface area contributed by atoms with E-state index in [9.17, 15) is 18.0 Å². The summed E-state index contributed by atoms with van der Waals surface area (Å²) >= 11 is 0. The van der Waals surface area contributed by atoms with E-state index >= 15 is 0 Å². The average Bonchev–Trinajstić information content (AvgIpc) is 2.94. The first-order valence-electron chi connectivity index (χ1n) is 8.63. The van der Waals surface area contributed by atoms with Crippen LogP contribution in [0.2, 0.25) is 0 Å². The van der Waals surface area contributed by atoms with Crippen molar-refractivity contribution in [1.29, 1.82) is 0 Å². The van der Waals surface area contributed by atoms with Crippen molar-refractivity contribution < 1.29 is 18.0 Å². The number of benzene rings is 2. The van der Waals surface area contributed by atoms with E-state index in [1.807, 2.05) is 13.0 Å². The topological polar surface area (TPSA) is 45.2 Å². The SMILES string of the molecule is Cc1ccnc(N2C(=O)c3ccccc3[C@@H]2Nc2cccc(C(F)(F)F)c2)c1. The Balaban J connectivity index is 1.77. The summed E-state index contributed by atoms with van der Waals surface area (Å²) in [6, 6.07) is 15.5. The number of carbonyl (C=O) groups is 1. The minimum absolute atomic E-state index is 0.252. The van der Waals surface area contributed by atoms with Crippen molar-refractivity contribution >= 4 is 17.4 Å². The number of aromatic nitrogens is 1. The Morgan fingerprint density at radius 2 is 1.82 bits per heavy atom. The minimum atomic E-state index is -4.45. The molecule has 0 saturated heterocycles. The highest BCUT2D eigenvalue weighted by Gasteiger charge is 2.38. The van der Waals surface area contributed by atoms with Gasteiger partial charge in [0.2, 0.25) is 0 Å². The second-order valence-electron chi connectivity index (χ2n) is 6.58. The van der Waals surface area contributed by atoms with Crippen molar-refractivity contribution in [3.8, 4) is 0 Å². The lowest BCUT2D eigenvalue weighted by molar-refractivity contribution is -0.137. The first kappa shape index (κ1) is 18.0. The second kappa shape index (κ2) is 6.67. The lowest BCUT2D eigenvalue weighted by Crippen LogP contribution is -2.33. The zero-order chi connectivity index (χ0) is 19.9. The van der Waals surface area contributed by atoms with Gasteiger partial charge >= 0.3 is 6.18 Å². The molecule has 1 aliphatic heterocycles. The molecule has 1 amide bonds. The van der Waals surface area contributed by atoms with Crippen LogP contribution in [-0.2, 0) is 6.18 Å². The normalized spacial score (nSPS) is 16.2. The van der Waals surface area contributed by atoms with Crippen LogP contribution in [0.3, 0.4) is 0 Å². The molecule has 1 atom stereocenters. The van der Waals surface area contributed by atoms with Crippen LogP contribution in [0.1, 0.15) is 33.2 Å². The maximum absolute atomic E-state index is 13.1. The Bertz CT molecular complexity index is 1050. The highest BCUT2D eigenvalue weighted by molar-refractivity contribution is 6.11. The number of nitrogens with zero attached hydrogens (tertiary/aromatic N) is 2. The number of fused-ring (bicyclic) bond motifs is 1. The molecule has 0 spiro atoms.